The Labute approximate surface area is 207 Å². The summed E-state index contributed by atoms with van der Waals surface area (Å²) in [6.07, 6.45) is 8.92. The van der Waals surface area contributed by atoms with Gasteiger partial charge in [0, 0.05) is 60.7 Å². The van der Waals surface area contributed by atoms with Crippen LogP contribution in [-0.2, 0) is 10.0 Å². The highest BCUT2D eigenvalue weighted by atomic mass is 32.2. The van der Waals surface area contributed by atoms with E-state index in [-0.39, 0.29) is 11.8 Å². The summed E-state index contributed by atoms with van der Waals surface area (Å²) < 4.78 is 52.3. The molecule has 1 saturated heterocycles. The van der Waals surface area contributed by atoms with Crippen molar-refractivity contribution >= 4 is 21.1 Å². The first-order valence-corrected chi connectivity index (χ1v) is 13.5. The topological polar surface area (TPSA) is 102 Å². The van der Waals surface area contributed by atoms with Gasteiger partial charge in [-0.15, -0.1) is 0 Å². The molecule has 9 nitrogen and oxygen atoms in total. The van der Waals surface area contributed by atoms with Gasteiger partial charge in [-0.3, -0.25) is 4.68 Å². The fourth-order valence-electron chi connectivity index (χ4n) is 4.91. The summed E-state index contributed by atoms with van der Waals surface area (Å²) in [5, 5.41) is 5.49. The van der Waals surface area contributed by atoms with Crippen LogP contribution in [0.3, 0.4) is 0 Å². The van der Waals surface area contributed by atoms with Crippen molar-refractivity contribution in [3.63, 3.8) is 0 Å². The van der Waals surface area contributed by atoms with Gasteiger partial charge in [-0.05, 0) is 43.5 Å². The second-order valence-electron chi connectivity index (χ2n) is 9.26. The van der Waals surface area contributed by atoms with Gasteiger partial charge in [0.2, 0.25) is 10.0 Å². The summed E-state index contributed by atoms with van der Waals surface area (Å²) in [6, 6.07) is 5.36. The molecular weight excluding hydrogens is 485 g/mol. The molecule has 1 aromatic carbocycles. The largest absolute Gasteiger partial charge is 0.423 e. The van der Waals surface area contributed by atoms with Gasteiger partial charge in [-0.2, -0.15) is 9.49 Å². The van der Waals surface area contributed by atoms with Crippen LogP contribution in [-0.4, -0.2) is 57.4 Å². The molecule has 0 saturated carbocycles. The number of halogens is 1. The van der Waals surface area contributed by atoms with Gasteiger partial charge in [0.1, 0.15) is 5.65 Å². The molecule has 1 N–H and O–H groups in total. The molecule has 2 aliphatic rings. The van der Waals surface area contributed by atoms with Crippen molar-refractivity contribution < 1.29 is 22.3 Å². The van der Waals surface area contributed by atoms with E-state index in [4.69, 9.17) is 9.47 Å². The van der Waals surface area contributed by atoms with Gasteiger partial charge in [-0.1, -0.05) is 6.07 Å². The molecule has 6 rings (SSSR count). The number of hydrogen-bond acceptors (Lipinski definition) is 6. The molecule has 1 unspecified atom stereocenters. The molecule has 0 spiro atoms. The van der Waals surface area contributed by atoms with Gasteiger partial charge in [0.25, 0.3) is 0 Å². The Morgan fingerprint density at radius 3 is 2.67 bits per heavy atom. The fraction of sp³-hybridized carbons (Fsp3) is 0.360. The highest BCUT2D eigenvalue weighted by molar-refractivity contribution is 7.89. The predicted molar refractivity (Wildman–Crippen MR) is 133 cm³/mol. The lowest BCUT2D eigenvalue weighted by Crippen LogP contribution is -2.39. The van der Waals surface area contributed by atoms with E-state index in [0.717, 1.165) is 46.1 Å². The number of benzene rings is 1. The third kappa shape index (κ3) is 4.01. The van der Waals surface area contributed by atoms with Crippen LogP contribution in [0.5, 0.6) is 11.5 Å². The van der Waals surface area contributed by atoms with Crippen LogP contribution >= 0.6 is 0 Å². The Morgan fingerprint density at radius 2 is 1.89 bits per heavy atom. The van der Waals surface area contributed by atoms with Gasteiger partial charge >= 0.3 is 6.04 Å². The number of nitrogens with one attached hydrogen (secondary N) is 1. The van der Waals surface area contributed by atoms with Crippen LogP contribution in [0.2, 0.25) is 0 Å². The summed E-state index contributed by atoms with van der Waals surface area (Å²) in [5.74, 6) is 0.852. The molecule has 3 aromatic heterocycles. The standard InChI is InChI=1S/C25H26FN5O4S/c1-3-36(32,33)30-8-6-19(7-9-30)31-15-18(13-29-31)17-10-20-21(14-28-24(20)27-12-17)16-4-5-22-23(11-16)35-25(2,26)34-22/h4-5,10-15,19H,3,6-9H2,1-2H3,(H,27,28). The third-order valence-electron chi connectivity index (χ3n) is 6.86. The number of aromatic nitrogens is 4. The van der Waals surface area contributed by atoms with E-state index in [2.05, 4.69) is 21.1 Å². The number of nitrogens with zero attached hydrogens (tertiary/aromatic N) is 4. The van der Waals surface area contributed by atoms with Gasteiger partial charge < -0.3 is 14.5 Å². The smallest absolute Gasteiger partial charge is 0.404 e. The molecule has 1 atom stereocenters. The van der Waals surface area contributed by atoms with Crippen molar-refractivity contribution in [2.45, 2.75) is 38.8 Å². The van der Waals surface area contributed by atoms with E-state index in [1.165, 1.54) is 6.92 Å². The lowest BCUT2D eigenvalue weighted by atomic mass is 10.0. The number of hydrogen-bond donors (Lipinski definition) is 1. The van der Waals surface area contributed by atoms with E-state index >= 15 is 0 Å². The molecule has 0 radical (unpaired) electrons. The first-order chi connectivity index (χ1) is 17.2. The van der Waals surface area contributed by atoms with Crippen LogP contribution in [0.1, 0.15) is 32.7 Å². The summed E-state index contributed by atoms with van der Waals surface area (Å²) in [7, 11) is -3.16. The van der Waals surface area contributed by atoms with E-state index in [1.807, 2.05) is 29.3 Å². The van der Waals surface area contributed by atoms with Gasteiger partial charge in [-0.25, -0.2) is 17.7 Å². The summed E-state index contributed by atoms with van der Waals surface area (Å²) >= 11 is 0. The monoisotopic (exact) mass is 511 g/mol. The maximum atomic E-state index is 14.1. The highest BCUT2D eigenvalue weighted by Crippen LogP contribution is 2.43. The average molecular weight is 512 g/mol. The van der Waals surface area contributed by atoms with Crippen molar-refractivity contribution in [2.24, 2.45) is 0 Å². The lowest BCUT2D eigenvalue weighted by Gasteiger charge is -2.31. The zero-order chi connectivity index (χ0) is 25.1. The number of H-pyrrole nitrogens is 1. The number of fused-ring (bicyclic) bond motifs is 2. The van der Waals surface area contributed by atoms with Crippen molar-refractivity contribution in [3.05, 3.63) is 49.1 Å². The minimum Gasteiger partial charge on any atom is -0.423 e. The minimum absolute atomic E-state index is 0.127. The highest BCUT2D eigenvalue weighted by Gasteiger charge is 2.37. The van der Waals surface area contributed by atoms with Crippen LogP contribution in [0, 0.1) is 0 Å². The van der Waals surface area contributed by atoms with E-state index in [9.17, 15) is 12.8 Å². The molecule has 5 heterocycles. The molecule has 0 amide bonds. The van der Waals surface area contributed by atoms with E-state index in [0.29, 0.717) is 24.6 Å². The fourth-order valence-corrected chi connectivity index (χ4v) is 6.04. The Balaban J connectivity index is 1.26. The number of alkyl halides is 1. The Morgan fingerprint density at radius 1 is 1.11 bits per heavy atom. The quantitative estimate of drug-likeness (QED) is 0.424. The molecule has 4 aromatic rings. The number of piperidine rings is 1. The van der Waals surface area contributed by atoms with E-state index in [1.54, 1.807) is 29.6 Å². The van der Waals surface area contributed by atoms with Crippen LogP contribution in [0.15, 0.2) is 49.1 Å². The molecule has 0 aliphatic carbocycles. The van der Waals surface area contributed by atoms with Crippen molar-refractivity contribution in [1.29, 1.82) is 0 Å². The van der Waals surface area contributed by atoms with Crippen LogP contribution in [0.25, 0.3) is 33.3 Å². The molecule has 1 fully saturated rings. The maximum absolute atomic E-state index is 14.1. The molecule has 0 bridgehead atoms. The molecule has 188 valence electrons. The van der Waals surface area contributed by atoms with Crippen LogP contribution in [0.4, 0.5) is 4.39 Å². The molecule has 11 heteroatoms. The molecule has 36 heavy (non-hydrogen) atoms. The summed E-state index contributed by atoms with van der Waals surface area (Å²) in [5.41, 5.74) is 4.34. The number of sulfonamides is 1. The zero-order valence-corrected chi connectivity index (χ0v) is 20.8. The van der Waals surface area contributed by atoms with Gasteiger partial charge in [0.05, 0.1) is 18.0 Å². The summed E-state index contributed by atoms with van der Waals surface area (Å²) in [4.78, 5) is 7.78. The van der Waals surface area contributed by atoms with Crippen LogP contribution < -0.4 is 9.47 Å². The van der Waals surface area contributed by atoms with Crippen molar-refractivity contribution in [2.75, 3.05) is 18.8 Å². The first-order valence-electron chi connectivity index (χ1n) is 11.9. The van der Waals surface area contributed by atoms with Gasteiger partial charge in [0.15, 0.2) is 11.5 Å². The molecule has 2 aliphatic heterocycles. The minimum atomic E-state index is -3.16. The second-order valence-corrected chi connectivity index (χ2v) is 11.5. The third-order valence-corrected chi connectivity index (χ3v) is 8.74. The molecular formula is C25H26FN5O4S. The normalized spacial score (nSPS) is 20.9. The lowest BCUT2D eigenvalue weighted by molar-refractivity contribution is -0.173. The Bertz CT molecular complexity index is 1550. The predicted octanol–water partition coefficient (Wildman–Crippen LogP) is 4.49. The number of aromatic amines is 1. The Kier molecular flexibility index (Phi) is 5.31. The van der Waals surface area contributed by atoms with Crippen molar-refractivity contribution in [1.82, 2.24) is 24.1 Å². The average Bonchev–Trinajstić information content (AvgIpc) is 3.59. The first kappa shape index (κ1) is 23.0. The summed E-state index contributed by atoms with van der Waals surface area (Å²) in [6.45, 7) is 3.92. The maximum Gasteiger partial charge on any atom is 0.404 e. The SMILES string of the molecule is CCS(=O)(=O)N1CCC(n2cc(-c3cnc4[nH]cc(-c5ccc6c(c5)OC(C)(F)O6)c4c3)cn2)CC1. The number of ether oxygens (including phenoxy) is 2. The van der Waals surface area contributed by atoms with E-state index < -0.39 is 16.1 Å². The Hall–Kier alpha value is -3.44. The van der Waals surface area contributed by atoms with Crippen molar-refractivity contribution in [3.8, 4) is 33.8 Å². The number of rotatable bonds is 5. The number of pyridine rings is 1. The zero-order valence-electron chi connectivity index (χ0n) is 19.9. The second kappa shape index (κ2) is 8.31.